The van der Waals surface area contributed by atoms with Gasteiger partial charge in [0.05, 0.1) is 12.6 Å². The van der Waals surface area contributed by atoms with Gasteiger partial charge in [-0.25, -0.2) is 4.79 Å². The summed E-state index contributed by atoms with van der Waals surface area (Å²) in [6.45, 7) is 4.02. The van der Waals surface area contributed by atoms with E-state index in [1.54, 1.807) is 0 Å². The fraction of sp³-hybridized carbons (Fsp3) is 0.636. The molecule has 1 rings (SSSR count). The highest BCUT2D eigenvalue weighted by Crippen LogP contribution is 2.13. The van der Waals surface area contributed by atoms with Crippen LogP contribution in [0.15, 0.2) is 12.7 Å². The topological polar surface area (TPSA) is 76.1 Å². The molecular formula is C11H17NO5. The zero-order valence-electron chi connectivity index (χ0n) is 9.63. The van der Waals surface area contributed by atoms with Gasteiger partial charge in [0, 0.05) is 6.61 Å². The van der Waals surface area contributed by atoms with Crippen LogP contribution >= 0.6 is 0 Å². The second kappa shape index (κ2) is 6.90. The lowest BCUT2D eigenvalue weighted by atomic mass is 10.2. The number of aliphatic carboxylic acids is 1. The zero-order valence-corrected chi connectivity index (χ0v) is 9.63. The molecule has 0 bridgehead atoms. The van der Waals surface area contributed by atoms with Gasteiger partial charge < -0.3 is 14.6 Å². The van der Waals surface area contributed by atoms with Crippen molar-refractivity contribution in [2.24, 2.45) is 0 Å². The second-order valence-corrected chi connectivity index (χ2v) is 3.77. The smallest absolute Gasteiger partial charge is 0.410 e. The van der Waals surface area contributed by atoms with Crippen molar-refractivity contribution >= 4 is 12.1 Å². The molecule has 6 nitrogen and oxygen atoms in total. The Labute approximate surface area is 99.8 Å². The molecule has 1 aliphatic rings. The van der Waals surface area contributed by atoms with Gasteiger partial charge in [-0.3, -0.25) is 9.69 Å². The summed E-state index contributed by atoms with van der Waals surface area (Å²) in [5.41, 5.74) is 0. The summed E-state index contributed by atoms with van der Waals surface area (Å²) in [6, 6.07) is 0. The van der Waals surface area contributed by atoms with E-state index in [0.717, 1.165) is 17.7 Å². The Balaban J connectivity index is 2.48. The van der Waals surface area contributed by atoms with Gasteiger partial charge in [0.25, 0.3) is 0 Å². The second-order valence-electron chi connectivity index (χ2n) is 3.77. The molecule has 1 fully saturated rings. The molecule has 96 valence electrons. The minimum absolute atomic E-state index is 0.0699. The molecule has 1 atom stereocenters. The maximum absolute atomic E-state index is 11.6. The van der Waals surface area contributed by atoms with Crippen molar-refractivity contribution in [3.8, 4) is 0 Å². The van der Waals surface area contributed by atoms with Gasteiger partial charge in [0.15, 0.2) is 0 Å². The summed E-state index contributed by atoms with van der Waals surface area (Å²) < 4.78 is 10.2. The average molecular weight is 243 g/mol. The van der Waals surface area contributed by atoms with E-state index in [1.165, 1.54) is 6.08 Å². The van der Waals surface area contributed by atoms with Crippen molar-refractivity contribution in [3.63, 3.8) is 0 Å². The van der Waals surface area contributed by atoms with E-state index in [9.17, 15) is 9.59 Å². The number of hydrogen-bond acceptors (Lipinski definition) is 4. The van der Waals surface area contributed by atoms with Crippen molar-refractivity contribution in [3.05, 3.63) is 12.7 Å². The summed E-state index contributed by atoms with van der Waals surface area (Å²) in [5, 5.41) is 8.72. The van der Waals surface area contributed by atoms with Crippen LogP contribution in [0.2, 0.25) is 0 Å². The lowest BCUT2D eigenvalue weighted by Gasteiger charge is -2.22. The molecule has 0 saturated carbocycles. The number of nitrogens with zero attached hydrogens (tertiary/aromatic N) is 1. The minimum atomic E-state index is -1.07. The van der Waals surface area contributed by atoms with Gasteiger partial charge in [-0.15, -0.1) is 0 Å². The Morgan fingerprint density at radius 3 is 2.88 bits per heavy atom. The maximum atomic E-state index is 11.6. The first-order valence-corrected chi connectivity index (χ1v) is 5.49. The van der Waals surface area contributed by atoms with Crippen molar-refractivity contribution in [2.45, 2.75) is 18.9 Å². The molecule has 17 heavy (non-hydrogen) atoms. The molecular weight excluding hydrogens is 226 g/mol. The van der Waals surface area contributed by atoms with Gasteiger partial charge in [0.2, 0.25) is 0 Å². The van der Waals surface area contributed by atoms with Crippen LogP contribution in [0.4, 0.5) is 4.79 Å². The van der Waals surface area contributed by atoms with Gasteiger partial charge in [-0.2, -0.15) is 0 Å². The third-order valence-corrected chi connectivity index (χ3v) is 2.36. The number of amides is 1. The van der Waals surface area contributed by atoms with Gasteiger partial charge in [-0.1, -0.05) is 12.7 Å². The molecule has 0 aromatic rings. The van der Waals surface area contributed by atoms with E-state index in [2.05, 4.69) is 6.58 Å². The Bertz CT molecular complexity index is 286. The first-order chi connectivity index (χ1) is 8.13. The van der Waals surface area contributed by atoms with E-state index < -0.39 is 12.1 Å². The highest BCUT2D eigenvalue weighted by molar-refractivity contribution is 5.76. The standard InChI is InChI=1S/C11H17NO5/c1-2-5-17-11(15)12(8-10(13)14)7-9-4-3-6-16-9/h2,9H,1,3-8H2,(H,13,14). The lowest BCUT2D eigenvalue weighted by molar-refractivity contribution is -0.138. The zero-order chi connectivity index (χ0) is 12.7. The SMILES string of the molecule is C=CCOC(=O)N(CC(=O)O)CC1CCCO1. The Hall–Kier alpha value is -1.56. The quantitative estimate of drug-likeness (QED) is 0.701. The van der Waals surface area contributed by atoms with Crippen LogP contribution in [-0.4, -0.2) is 54.5 Å². The van der Waals surface area contributed by atoms with E-state index in [0.29, 0.717) is 6.61 Å². The monoisotopic (exact) mass is 243 g/mol. The van der Waals surface area contributed by atoms with Crippen LogP contribution < -0.4 is 0 Å². The molecule has 6 heteroatoms. The molecule has 1 amide bonds. The molecule has 1 unspecified atom stereocenters. The molecule has 0 radical (unpaired) electrons. The molecule has 1 heterocycles. The lowest BCUT2D eigenvalue weighted by Crippen LogP contribution is -2.41. The number of rotatable bonds is 6. The number of carboxylic acids is 1. The predicted molar refractivity (Wildman–Crippen MR) is 59.7 cm³/mol. The summed E-state index contributed by atoms with van der Waals surface area (Å²) in [5.74, 6) is -1.07. The maximum Gasteiger partial charge on any atom is 0.410 e. The van der Waals surface area contributed by atoms with Crippen molar-refractivity contribution < 1.29 is 24.2 Å². The van der Waals surface area contributed by atoms with Gasteiger partial charge in [-0.05, 0) is 12.8 Å². The first kappa shape index (κ1) is 13.5. The first-order valence-electron chi connectivity index (χ1n) is 5.49. The number of carbonyl (C=O) groups excluding carboxylic acids is 1. The Kier molecular flexibility index (Phi) is 5.48. The van der Waals surface area contributed by atoms with Crippen LogP contribution in [-0.2, 0) is 14.3 Å². The molecule has 0 spiro atoms. The summed E-state index contributed by atoms with van der Waals surface area (Å²) in [4.78, 5) is 23.4. The normalized spacial score (nSPS) is 18.7. The third-order valence-electron chi connectivity index (χ3n) is 2.36. The van der Waals surface area contributed by atoms with Crippen LogP contribution in [0.25, 0.3) is 0 Å². The highest BCUT2D eigenvalue weighted by Gasteiger charge is 2.24. The molecule has 0 aromatic carbocycles. The molecule has 0 aromatic heterocycles. The van der Waals surface area contributed by atoms with Crippen molar-refractivity contribution in [2.75, 3.05) is 26.3 Å². The van der Waals surface area contributed by atoms with Crippen LogP contribution in [0, 0.1) is 0 Å². The van der Waals surface area contributed by atoms with Gasteiger partial charge >= 0.3 is 12.1 Å². The van der Waals surface area contributed by atoms with E-state index in [4.69, 9.17) is 14.6 Å². The number of carboxylic acid groups (broad SMARTS) is 1. The van der Waals surface area contributed by atoms with E-state index in [1.807, 2.05) is 0 Å². The molecule has 1 N–H and O–H groups in total. The Morgan fingerprint density at radius 2 is 2.35 bits per heavy atom. The fourth-order valence-corrected chi connectivity index (χ4v) is 1.62. The number of carbonyl (C=O) groups is 2. The van der Waals surface area contributed by atoms with E-state index >= 15 is 0 Å². The van der Waals surface area contributed by atoms with Crippen molar-refractivity contribution in [1.29, 1.82) is 0 Å². The van der Waals surface area contributed by atoms with E-state index in [-0.39, 0.29) is 25.8 Å². The van der Waals surface area contributed by atoms with Crippen LogP contribution in [0.1, 0.15) is 12.8 Å². The molecule has 0 aliphatic carbocycles. The highest BCUT2D eigenvalue weighted by atomic mass is 16.6. The summed E-state index contributed by atoms with van der Waals surface area (Å²) >= 11 is 0. The largest absolute Gasteiger partial charge is 0.480 e. The predicted octanol–water partition coefficient (Wildman–Crippen LogP) is 0.875. The summed E-state index contributed by atoms with van der Waals surface area (Å²) in [7, 11) is 0. The van der Waals surface area contributed by atoms with Crippen molar-refractivity contribution in [1.82, 2.24) is 4.90 Å². The minimum Gasteiger partial charge on any atom is -0.480 e. The van der Waals surface area contributed by atoms with Gasteiger partial charge in [0.1, 0.15) is 13.2 Å². The molecule has 1 saturated heterocycles. The summed E-state index contributed by atoms with van der Waals surface area (Å²) in [6.07, 6.45) is 2.47. The Morgan fingerprint density at radius 1 is 1.59 bits per heavy atom. The average Bonchev–Trinajstić information content (AvgIpc) is 2.77. The fourth-order valence-electron chi connectivity index (χ4n) is 1.62. The molecule has 1 aliphatic heterocycles. The van der Waals surface area contributed by atoms with Crippen LogP contribution in [0.3, 0.4) is 0 Å². The van der Waals surface area contributed by atoms with Crippen LogP contribution in [0.5, 0.6) is 0 Å². The number of hydrogen-bond donors (Lipinski definition) is 1. The third kappa shape index (κ3) is 4.86. The number of ether oxygens (including phenoxy) is 2.